The van der Waals surface area contributed by atoms with E-state index < -0.39 is 5.92 Å². The third-order valence-corrected chi connectivity index (χ3v) is 6.22. The molecule has 0 saturated carbocycles. The van der Waals surface area contributed by atoms with E-state index in [-0.39, 0.29) is 17.4 Å². The molecule has 0 bridgehead atoms. The highest BCUT2D eigenvalue weighted by Crippen LogP contribution is 2.41. The number of anilines is 1. The number of dihydropyridines is 1. The second-order valence-electron chi connectivity index (χ2n) is 7.12. The molecule has 6 nitrogen and oxygen atoms in total. The van der Waals surface area contributed by atoms with E-state index in [0.29, 0.717) is 38.3 Å². The van der Waals surface area contributed by atoms with Crippen molar-refractivity contribution >= 4 is 40.7 Å². The summed E-state index contributed by atoms with van der Waals surface area (Å²) < 4.78 is 5.12. The molecule has 0 saturated heterocycles. The van der Waals surface area contributed by atoms with Gasteiger partial charge >= 0.3 is 0 Å². The van der Waals surface area contributed by atoms with Gasteiger partial charge in [-0.25, -0.2) is 0 Å². The minimum atomic E-state index is -0.525. The fraction of sp³-hybridized carbons (Fsp3) is 0.208. The maximum Gasteiger partial charge on any atom is 0.234 e. The first-order valence-corrected chi connectivity index (χ1v) is 11.2. The molecule has 32 heavy (non-hydrogen) atoms. The van der Waals surface area contributed by atoms with E-state index in [1.807, 2.05) is 12.1 Å². The van der Waals surface area contributed by atoms with E-state index in [2.05, 4.69) is 16.7 Å². The molecule has 1 amide bonds. The minimum Gasteiger partial charge on any atom is -0.497 e. The van der Waals surface area contributed by atoms with Gasteiger partial charge in [-0.2, -0.15) is 5.26 Å². The highest BCUT2D eigenvalue weighted by Gasteiger charge is 2.33. The van der Waals surface area contributed by atoms with Crippen molar-refractivity contribution in [3.05, 3.63) is 81.0 Å². The Morgan fingerprint density at radius 3 is 2.41 bits per heavy atom. The summed E-state index contributed by atoms with van der Waals surface area (Å²) in [6.07, 6.45) is 0. The van der Waals surface area contributed by atoms with E-state index in [0.717, 1.165) is 5.56 Å². The molecule has 1 aliphatic heterocycles. The first-order valence-electron chi connectivity index (χ1n) is 9.79. The standard InChI is InChI=1S/C24H22ClN3O3S/c1-14-22(15(2)29)23(16-4-6-17(25)7-5-16)20(12-26)24(27-14)32-13-21(30)28-18-8-10-19(31-3)11-9-18/h4-11,23,27H,13H2,1-3H3,(H,28,30). The number of thioether (sulfide) groups is 1. The van der Waals surface area contributed by atoms with E-state index in [1.54, 1.807) is 50.4 Å². The van der Waals surface area contributed by atoms with Gasteiger partial charge < -0.3 is 15.4 Å². The molecule has 1 atom stereocenters. The average molecular weight is 468 g/mol. The van der Waals surface area contributed by atoms with Gasteiger partial charge in [0, 0.05) is 22.0 Å². The Morgan fingerprint density at radius 1 is 1.19 bits per heavy atom. The van der Waals surface area contributed by atoms with Gasteiger partial charge in [-0.3, -0.25) is 9.59 Å². The number of ketones is 1. The predicted molar refractivity (Wildman–Crippen MR) is 127 cm³/mol. The molecule has 0 aliphatic carbocycles. The first kappa shape index (κ1) is 23.5. The number of amides is 1. The van der Waals surface area contributed by atoms with Crippen LogP contribution in [0.2, 0.25) is 5.02 Å². The molecule has 1 aliphatic rings. The molecule has 2 aromatic rings. The van der Waals surface area contributed by atoms with Crippen molar-refractivity contribution in [1.29, 1.82) is 5.26 Å². The van der Waals surface area contributed by atoms with Crippen molar-refractivity contribution in [2.45, 2.75) is 19.8 Å². The summed E-state index contributed by atoms with van der Waals surface area (Å²) >= 11 is 7.24. The van der Waals surface area contributed by atoms with E-state index in [4.69, 9.17) is 16.3 Å². The Hall–Kier alpha value is -3.21. The second kappa shape index (κ2) is 10.4. The van der Waals surface area contributed by atoms with Crippen LogP contribution in [-0.4, -0.2) is 24.6 Å². The van der Waals surface area contributed by atoms with E-state index in [9.17, 15) is 14.9 Å². The van der Waals surface area contributed by atoms with Gasteiger partial charge in [0.25, 0.3) is 0 Å². The number of ether oxygens (including phenoxy) is 1. The lowest BCUT2D eigenvalue weighted by molar-refractivity contribution is -0.114. The topological polar surface area (TPSA) is 91.2 Å². The van der Waals surface area contributed by atoms with Crippen LogP contribution in [0.1, 0.15) is 25.3 Å². The van der Waals surface area contributed by atoms with Crippen molar-refractivity contribution in [2.24, 2.45) is 0 Å². The summed E-state index contributed by atoms with van der Waals surface area (Å²) in [5.74, 6) is -0.0689. The summed E-state index contributed by atoms with van der Waals surface area (Å²) in [6.45, 7) is 3.28. The molecule has 8 heteroatoms. The number of carbonyl (C=O) groups is 2. The van der Waals surface area contributed by atoms with Gasteiger partial charge in [0.15, 0.2) is 5.78 Å². The number of nitriles is 1. The quantitative estimate of drug-likeness (QED) is 0.595. The predicted octanol–water partition coefficient (Wildman–Crippen LogP) is 5.01. The zero-order valence-electron chi connectivity index (χ0n) is 17.9. The molecule has 1 unspecified atom stereocenters. The normalized spacial score (nSPS) is 15.7. The number of Topliss-reactive ketones (excluding diaryl/α,β-unsaturated/α-hetero) is 1. The van der Waals surface area contributed by atoms with E-state index >= 15 is 0 Å². The number of methoxy groups -OCH3 is 1. The Kier molecular flexibility index (Phi) is 7.62. The lowest BCUT2D eigenvalue weighted by Gasteiger charge is -2.29. The van der Waals surface area contributed by atoms with Crippen molar-refractivity contribution in [3.63, 3.8) is 0 Å². The number of carbonyl (C=O) groups excluding carboxylic acids is 2. The number of rotatable bonds is 7. The number of nitrogens with one attached hydrogen (secondary N) is 2. The van der Waals surface area contributed by atoms with Crippen molar-refractivity contribution in [3.8, 4) is 11.8 Å². The Morgan fingerprint density at radius 2 is 1.84 bits per heavy atom. The summed E-state index contributed by atoms with van der Waals surface area (Å²) in [4.78, 5) is 24.9. The van der Waals surface area contributed by atoms with Crippen LogP contribution in [0.4, 0.5) is 5.69 Å². The summed E-state index contributed by atoms with van der Waals surface area (Å²) in [7, 11) is 1.58. The van der Waals surface area contributed by atoms with Crippen LogP contribution >= 0.6 is 23.4 Å². The molecular formula is C24H22ClN3O3S. The SMILES string of the molecule is COc1ccc(NC(=O)CSC2=C(C#N)C(c3ccc(Cl)cc3)C(C(C)=O)=C(C)N2)cc1. The maximum atomic E-state index is 12.5. The number of hydrogen-bond donors (Lipinski definition) is 2. The molecule has 2 aromatic carbocycles. The number of allylic oxidation sites excluding steroid dienone is 3. The molecule has 2 N–H and O–H groups in total. The summed E-state index contributed by atoms with van der Waals surface area (Å²) in [6, 6.07) is 16.3. The molecule has 0 spiro atoms. The van der Waals surface area contributed by atoms with Crippen molar-refractivity contribution < 1.29 is 14.3 Å². The Labute approximate surface area is 196 Å². The highest BCUT2D eigenvalue weighted by molar-refractivity contribution is 8.03. The zero-order chi connectivity index (χ0) is 23.3. The van der Waals surface area contributed by atoms with Crippen LogP contribution in [0, 0.1) is 11.3 Å². The van der Waals surface area contributed by atoms with Gasteiger partial charge in [0.2, 0.25) is 5.91 Å². The van der Waals surface area contributed by atoms with Crippen LogP contribution in [-0.2, 0) is 9.59 Å². The van der Waals surface area contributed by atoms with Gasteiger partial charge in [0.1, 0.15) is 5.75 Å². The second-order valence-corrected chi connectivity index (χ2v) is 8.55. The average Bonchev–Trinajstić information content (AvgIpc) is 2.78. The molecule has 0 radical (unpaired) electrons. The smallest absolute Gasteiger partial charge is 0.234 e. The molecule has 3 rings (SSSR count). The Balaban J connectivity index is 1.83. The molecule has 164 valence electrons. The van der Waals surface area contributed by atoms with Crippen LogP contribution < -0.4 is 15.4 Å². The Bertz CT molecular complexity index is 1130. The monoisotopic (exact) mass is 467 g/mol. The third kappa shape index (κ3) is 5.34. The zero-order valence-corrected chi connectivity index (χ0v) is 19.4. The van der Waals surface area contributed by atoms with Gasteiger partial charge in [0.05, 0.1) is 35.5 Å². The maximum absolute atomic E-state index is 12.5. The largest absolute Gasteiger partial charge is 0.497 e. The first-order chi connectivity index (χ1) is 15.3. The molecule has 1 heterocycles. The third-order valence-electron chi connectivity index (χ3n) is 4.95. The highest BCUT2D eigenvalue weighted by atomic mass is 35.5. The number of benzene rings is 2. The van der Waals surface area contributed by atoms with Crippen LogP contribution in [0.15, 0.2) is 70.4 Å². The van der Waals surface area contributed by atoms with Gasteiger partial charge in [-0.05, 0) is 55.8 Å². The number of halogens is 1. The summed E-state index contributed by atoms with van der Waals surface area (Å²) in [5, 5.41) is 17.0. The fourth-order valence-corrected chi connectivity index (χ4v) is 4.51. The summed E-state index contributed by atoms with van der Waals surface area (Å²) in [5.41, 5.74) is 3.02. The van der Waals surface area contributed by atoms with Crippen LogP contribution in [0.5, 0.6) is 5.75 Å². The van der Waals surface area contributed by atoms with Crippen molar-refractivity contribution in [2.75, 3.05) is 18.2 Å². The molecular weight excluding hydrogens is 446 g/mol. The lowest BCUT2D eigenvalue weighted by Crippen LogP contribution is -2.27. The molecule has 0 aromatic heterocycles. The number of hydrogen-bond acceptors (Lipinski definition) is 6. The van der Waals surface area contributed by atoms with Crippen LogP contribution in [0.25, 0.3) is 0 Å². The number of nitrogens with zero attached hydrogens (tertiary/aromatic N) is 1. The van der Waals surface area contributed by atoms with Crippen LogP contribution in [0.3, 0.4) is 0 Å². The minimum absolute atomic E-state index is 0.0928. The molecule has 0 fully saturated rings. The fourth-order valence-electron chi connectivity index (χ4n) is 3.49. The van der Waals surface area contributed by atoms with E-state index in [1.165, 1.54) is 18.7 Å². The lowest BCUT2D eigenvalue weighted by atomic mass is 9.81. The van der Waals surface area contributed by atoms with Gasteiger partial charge in [-0.15, -0.1) is 0 Å². The van der Waals surface area contributed by atoms with Gasteiger partial charge in [-0.1, -0.05) is 35.5 Å². The van der Waals surface area contributed by atoms with Crippen molar-refractivity contribution in [1.82, 2.24) is 5.32 Å².